The Bertz CT molecular complexity index is 264. The topological polar surface area (TPSA) is 12.0 Å². The summed E-state index contributed by atoms with van der Waals surface area (Å²) in [5.41, 5.74) is 1.48. The Balaban J connectivity index is 2.46. The van der Waals surface area contributed by atoms with Gasteiger partial charge in [-0.15, -0.1) is 0 Å². The van der Waals surface area contributed by atoms with Crippen LogP contribution in [0, 0.1) is 0 Å². The number of rotatable bonds is 9. The van der Waals surface area contributed by atoms with Gasteiger partial charge >= 0.3 is 0 Å². The molecule has 1 aromatic carbocycles. The lowest BCUT2D eigenvalue weighted by Gasteiger charge is -2.17. The first-order chi connectivity index (χ1) is 8.38. The predicted octanol–water partition coefficient (Wildman–Crippen LogP) is 3.91. The maximum atomic E-state index is 3.55. The number of nitrogens with one attached hydrogen (secondary N) is 1. The molecule has 0 aliphatic carbocycles. The first-order valence-electron chi connectivity index (χ1n) is 6.71. The number of benzene rings is 1. The number of hydrogen-bond donors (Lipinski definition) is 1. The van der Waals surface area contributed by atoms with Gasteiger partial charge in [-0.3, -0.25) is 0 Å². The van der Waals surface area contributed by atoms with Gasteiger partial charge in [0.05, 0.1) is 0 Å². The molecule has 0 aliphatic heterocycles. The first kappa shape index (κ1) is 14.6. The molecule has 2 heteroatoms. The highest BCUT2D eigenvalue weighted by atomic mass is 32.2. The van der Waals surface area contributed by atoms with Gasteiger partial charge in [0.15, 0.2) is 0 Å². The number of thioether (sulfide) groups is 1. The SMILES string of the molecule is CCCNCC(CCSCC)c1ccccc1. The van der Waals surface area contributed by atoms with Crippen molar-refractivity contribution in [2.75, 3.05) is 24.6 Å². The minimum absolute atomic E-state index is 0.668. The molecule has 0 fully saturated rings. The summed E-state index contributed by atoms with van der Waals surface area (Å²) in [4.78, 5) is 0. The largest absolute Gasteiger partial charge is 0.316 e. The average molecular weight is 251 g/mol. The van der Waals surface area contributed by atoms with E-state index in [1.54, 1.807) is 0 Å². The Morgan fingerprint density at radius 2 is 1.94 bits per heavy atom. The molecule has 1 unspecified atom stereocenters. The third-order valence-corrected chi connectivity index (χ3v) is 3.84. The molecule has 96 valence electrons. The zero-order chi connectivity index (χ0) is 12.3. The van der Waals surface area contributed by atoms with Gasteiger partial charge in [-0.05, 0) is 42.4 Å². The molecule has 1 N–H and O–H groups in total. The zero-order valence-electron chi connectivity index (χ0n) is 11.1. The molecule has 0 aliphatic rings. The fourth-order valence-electron chi connectivity index (χ4n) is 1.93. The second-order valence-corrected chi connectivity index (χ2v) is 5.69. The molecule has 0 bridgehead atoms. The van der Waals surface area contributed by atoms with E-state index < -0.39 is 0 Å². The van der Waals surface area contributed by atoms with Crippen LogP contribution in [0.15, 0.2) is 30.3 Å². The molecule has 0 heterocycles. The van der Waals surface area contributed by atoms with Gasteiger partial charge < -0.3 is 5.32 Å². The van der Waals surface area contributed by atoms with Gasteiger partial charge in [0.2, 0.25) is 0 Å². The monoisotopic (exact) mass is 251 g/mol. The van der Waals surface area contributed by atoms with Crippen LogP contribution in [0.25, 0.3) is 0 Å². The summed E-state index contributed by atoms with van der Waals surface area (Å²) in [6.07, 6.45) is 2.49. The molecular formula is C15H25NS. The minimum Gasteiger partial charge on any atom is -0.316 e. The Kier molecular flexibility index (Phi) is 8.20. The van der Waals surface area contributed by atoms with Crippen LogP contribution >= 0.6 is 11.8 Å². The highest BCUT2D eigenvalue weighted by Crippen LogP contribution is 2.21. The molecule has 0 saturated carbocycles. The molecular weight excluding hydrogens is 226 g/mol. The maximum Gasteiger partial charge on any atom is 0.00204 e. The highest BCUT2D eigenvalue weighted by Gasteiger charge is 2.10. The third-order valence-electron chi connectivity index (χ3n) is 2.90. The van der Waals surface area contributed by atoms with Crippen molar-refractivity contribution in [2.24, 2.45) is 0 Å². The van der Waals surface area contributed by atoms with Crippen molar-refractivity contribution in [3.05, 3.63) is 35.9 Å². The van der Waals surface area contributed by atoms with Gasteiger partial charge in [-0.2, -0.15) is 11.8 Å². The van der Waals surface area contributed by atoms with Gasteiger partial charge in [-0.25, -0.2) is 0 Å². The summed E-state index contributed by atoms with van der Waals surface area (Å²) in [6, 6.07) is 10.9. The summed E-state index contributed by atoms with van der Waals surface area (Å²) in [6.45, 7) is 6.70. The maximum absolute atomic E-state index is 3.55. The summed E-state index contributed by atoms with van der Waals surface area (Å²) in [7, 11) is 0. The third kappa shape index (κ3) is 6.13. The molecule has 0 saturated heterocycles. The predicted molar refractivity (Wildman–Crippen MR) is 80.0 cm³/mol. The Morgan fingerprint density at radius 3 is 2.59 bits per heavy atom. The van der Waals surface area contributed by atoms with Crippen LogP contribution in [-0.2, 0) is 0 Å². The van der Waals surface area contributed by atoms with E-state index in [-0.39, 0.29) is 0 Å². The normalized spacial score (nSPS) is 12.6. The molecule has 1 nitrogen and oxygen atoms in total. The summed E-state index contributed by atoms with van der Waals surface area (Å²) in [5, 5.41) is 3.55. The lowest BCUT2D eigenvalue weighted by molar-refractivity contribution is 0.570. The van der Waals surface area contributed by atoms with Crippen LogP contribution in [-0.4, -0.2) is 24.6 Å². The molecule has 0 amide bonds. The van der Waals surface area contributed by atoms with E-state index in [0.717, 1.165) is 13.1 Å². The lowest BCUT2D eigenvalue weighted by atomic mass is 9.96. The van der Waals surface area contributed by atoms with E-state index in [2.05, 4.69) is 49.5 Å². The second-order valence-electron chi connectivity index (χ2n) is 4.30. The second kappa shape index (κ2) is 9.55. The Hall–Kier alpha value is -0.470. The summed E-state index contributed by atoms with van der Waals surface area (Å²) >= 11 is 2.04. The van der Waals surface area contributed by atoms with Crippen LogP contribution in [0.2, 0.25) is 0 Å². The molecule has 0 aromatic heterocycles. The van der Waals surface area contributed by atoms with Crippen LogP contribution in [0.4, 0.5) is 0 Å². The van der Waals surface area contributed by atoms with Crippen molar-refractivity contribution >= 4 is 11.8 Å². The Morgan fingerprint density at radius 1 is 1.18 bits per heavy atom. The van der Waals surface area contributed by atoms with E-state index in [1.165, 1.54) is 29.9 Å². The fourth-order valence-corrected chi connectivity index (χ4v) is 2.67. The average Bonchev–Trinajstić information content (AvgIpc) is 2.38. The lowest BCUT2D eigenvalue weighted by Crippen LogP contribution is -2.22. The van der Waals surface area contributed by atoms with Crippen molar-refractivity contribution in [1.29, 1.82) is 0 Å². The smallest absolute Gasteiger partial charge is 0.00204 e. The molecule has 1 aromatic rings. The van der Waals surface area contributed by atoms with Crippen LogP contribution in [0.5, 0.6) is 0 Å². The molecule has 17 heavy (non-hydrogen) atoms. The highest BCUT2D eigenvalue weighted by molar-refractivity contribution is 7.99. The van der Waals surface area contributed by atoms with Crippen molar-refractivity contribution < 1.29 is 0 Å². The minimum atomic E-state index is 0.668. The van der Waals surface area contributed by atoms with E-state index >= 15 is 0 Å². The van der Waals surface area contributed by atoms with E-state index in [0.29, 0.717) is 5.92 Å². The van der Waals surface area contributed by atoms with Crippen molar-refractivity contribution in [1.82, 2.24) is 5.32 Å². The summed E-state index contributed by atoms with van der Waals surface area (Å²) < 4.78 is 0. The van der Waals surface area contributed by atoms with Crippen LogP contribution in [0.3, 0.4) is 0 Å². The van der Waals surface area contributed by atoms with Gasteiger partial charge in [0, 0.05) is 6.54 Å². The number of hydrogen-bond acceptors (Lipinski definition) is 2. The molecule has 1 atom stereocenters. The fraction of sp³-hybridized carbons (Fsp3) is 0.600. The zero-order valence-corrected chi connectivity index (χ0v) is 11.9. The van der Waals surface area contributed by atoms with Gasteiger partial charge in [0.25, 0.3) is 0 Å². The first-order valence-corrected chi connectivity index (χ1v) is 7.87. The van der Waals surface area contributed by atoms with Crippen LogP contribution < -0.4 is 5.32 Å². The molecule has 1 rings (SSSR count). The molecule has 0 radical (unpaired) electrons. The van der Waals surface area contributed by atoms with E-state index in [1.807, 2.05) is 11.8 Å². The van der Waals surface area contributed by atoms with Crippen molar-refractivity contribution in [3.8, 4) is 0 Å². The molecule has 0 spiro atoms. The summed E-state index contributed by atoms with van der Waals surface area (Å²) in [5.74, 6) is 3.16. The van der Waals surface area contributed by atoms with Gasteiger partial charge in [0.1, 0.15) is 0 Å². The van der Waals surface area contributed by atoms with Crippen LogP contribution in [0.1, 0.15) is 38.2 Å². The Labute approximate surface area is 110 Å². The van der Waals surface area contributed by atoms with Crippen molar-refractivity contribution in [2.45, 2.75) is 32.6 Å². The van der Waals surface area contributed by atoms with Crippen molar-refractivity contribution in [3.63, 3.8) is 0 Å². The standard InChI is InChI=1S/C15H25NS/c1-3-11-16-13-15(10-12-17-4-2)14-8-6-5-7-9-14/h5-9,15-16H,3-4,10-13H2,1-2H3. The quantitative estimate of drug-likeness (QED) is 0.668. The van der Waals surface area contributed by atoms with E-state index in [9.17, 15) is 0 Å². The van der Waals surface area contributed by atoms with E-state index in [4.69, 9.17) is 0 Å². The van der Waals surface area contributed by atoms with Gasteiger partial charge in [-0.1, -0.05) is 44.2 Å².